The number of fused-ring (bicyclic) bond motifs is 6. The Hall–Kier alpha value is -7.36. The number of carbonyl (C=O) groups excluding carboxylic acids is 2. The number of aliphatic imine (C=N–C) groups is 2. The van der Waals surface area contributed by atoms with Gasteiger partial charge in [-0.25, -0.2) is 19.7 Å². The highest BCUT2D eigenvalue weighted by Gasteiger charge is 2.67. The summed E-state index contributed by atoms with van der Waals surface area (Å²) in [4.78, 5) is 47.3. The zero-order valence-electron chi connectivity index (χ0n) is 43.0. The van der Waals surface area contributed by atoms with Crippen molar-refractivity contribution >= 4 is 63.6 Å². The lowest BCUT2D eigenvalue weighted by molar-refractivity contribution is -0.137. The summed E-state index contributed by atoms with van der Waals surface area (Å²) in [5, 5.41) is 17.4. The third-order valence-corrected chi connectivity index (χ3v) is 18.0. The van der Waals surface area contributed by atoms with Crippen LogP contribution in [0.1, 0.15) is 84.7 Å². The van der Waals surface area contributed by atoms with E-state index in [2.05, 4.69) is 123 Å². The normalized spacial score (nSPS) is 25.7. The molecular weight excluding hydrogens is 1010 g/mol. The zero-order chi connectivity index (χ0) is 53.4. The van der Waals surface area contributed by atoms with Crippen LogP contribution in [0.3, 0.4) is 0 Å². The number of carbonyl (C=O) groups is 2. The van der Waals surface area contributed by atoms with E-state index >= 15 is 0 Å². The smallest absolute Gasteiger partial charge is 0.423 e. The number of halogens is 1. The van der Waals surface area contributed by atoms with E-state index in [0.717, 1.165) is 104 Å². The van der Waals surface area contributed by atoms with Crippen molar-refractivity contribution in [2.45, 2.75) is 88.1 Å². The SMILES string of the molecule is CN1C(=O)C2(N=C1N)c1cc(Br)ccc1CC21CCC(Cc2ccccc2)CC1.[C-]#[N+]c1cccc(-c2ccc3c(c2)C2(N=C(N)N(C)C2=O)C2(CCC(Cc4ccccc4)CC2)C3)c1.[C-]#[N+]c1cccc(B(O)O)c1. The minimum absolute atomic E-state index is 0.00711. The van der Waals surface area contributed by atoms with Crippen molar-refractivity contribution in [1.82, 2.24) is 9.80 Å². The van der Waals surface area contributed by atoms with Crippen molar-refractivity contribution < 1.29 is 19.6 Å². The fourth-order valence-corrected chi connectivity index (χ4v) is 13.9. The molecule has 4 spiro atoms. The third-order valence-electron chi connectivity index (χ3n) is 17.5. The lowest BCUT2D eigenvalue weighted by atomic mass is 9.59. The minimum atomic E-state index is -1.49. The largest absolute Gasteiger partial charge is 0.487 e. The molecule has 0 bridgehead atoms. The molecule has 2 heterocycles. The van der Waals surface area contributed by atoms with Gasteiger partial charge in [-0.1, -0.05) is 137 Å². The van der Waals surface area contributed by atoms with Gasteiger partial charge in [0.2, 0.25) is 0 Å². The first-order valence-corrected chi connectivity index (χ1v) is 27.0. The van der Waals surface area contributed by atoms with Crippen molar-refractivity contribution in [3.05, 3.63) is 206 Å². The molecule has 0 aromatic heterocycles. The van der Waals surface area contributed by atoms with Gasteiger partial charge in [0.25, 0.3) is 11.8 Å². The molecule has 2 fully saturated rings. The van der Waals surface area contributed by atoms with Crippen LogP contribution < -0.4 is 16.9 Å². The maximum absolute atomic E-state index is 14.0. The number of hydrogen-bond acceptors (Lipinski definition) is 8. The monoisotopic (exact) mass is 1070 g/mol. The van der Waals surface area contributed by atoms with Crippen LogP contribution in [0.15, 0.2) is 160 Å². The highest BCUT2D eigenvalue weighted by atomic mass is 79.9. The average Bonchev–Trinajstić information content (AvgIpc) is 4.27. The summed E-state index contributed by atoms with van der Waals surface area (Å²) in [5.74, 6) is 1.95. The fourth-order valence-electron chi connectivity index (χ4n) is 13.5. The first-order chi connectivity index (χ1) is 36.6. The first-order valence-electron chi connectivity index (χ1n) is 26.2. The van der Waals surface area contributed by atoms with Crippen LogP contribution in [-0.4, -0.2) is 64.8 Å². The van der Waals surface area contributed by atoms with Crippen LogP contribution in [0.2, 0.25) is 0 Å². The Balaban J connectivity index is 0.000000147. The minimum Gasteiger partial charge on any atom is -0.423 e. The maximum atomic E-state index is 14.0. The molecule has 6 aliphatic rings. The molecular formula is C62H62BBrN8O4. The number of benzene rings is 6. The first kappa shape index (κ1) is 52.1. The summed E-state index contributed by atoms with van der Waals surface area (Å²) in [5.41, 5.74) is 20.8. The second kappa shape index (κ2) is 21.0. The Morgan fingerprint density at radius 2 is 1.04 bits per heavy atom. The number of nitrogens with zero attached hydrogens (tertiary/aromatic N) is 6. The van der Waals surface area contributed by atoms with Crippen LogP contribution in [-0.2, 0) is 46.4 Å². The Morgan fingerprint density at radius 1 is 0.592 bits per heavy atom. The second-order valence-corrected chi connectivity index (χ2v) is 22.6. The number of hydrogen-bond donors (Lipinski definition) is 4. The number of rotatable bonds is 6. The molecule has 6 N–H and O–H groups in total. The molecule has 14 heteroatoms. The predicted molar refractivity (Wildman–Crippen MR) is 303 cm³/mol. The molecule has 2 unspecified atom stereocenters. The maximum Gasteiger partial charge on any atom is 0.487 e. The van der Waals surface area contributed by atoms with Crippen LogP contribution in [0.4, 0.5) is 11.4 Å². The lowest BCUT2D eigenvalue weighted by Gasteiger charge is -2.45. The summed E-state index contributed by atoms with van der Waals surface area (Å²) in [6.45, 7) is 14.0. The number of likely N-dealkylation sites (N-methyl/N-ethyl adjacent to an activating group) is 2. The molecule has 0 saturated heterocycles. The molecule has 2 aliphatic heterocycles. The third kappa shape index (κ3) is 9.20. The number of nitrogens with two attached hydrogens (primary N) is 2. The van der Waals surface area contributed by atoms with Gasteiger partial charge in [0.15, 0.2) is 34.4 Å². The molecule has 6 aromatic carbocycles. The summed E-state index contributed by atoms with van der Waals surface area (Å²) in [6, 6.07) is 48.0. The van der Waals surface area contributed by atoms with Gasteiger partial charge in [-0.05, 0) is 163 Å². The van der Waals surface area contributed by atoms with Crippen molar-refractivity contribution in [3.8, 4) is 11.1 Å². The molecule has 2 amide bonds. The average molecular weight is 1070 g/mol. The Morgan fingerprint density at radius 3 is 1.50 bits per heavy atom. The van der Waals surface area contributed by atoms with E-state index in [4.69, 9.17) is 44.6 Å². The van der Waals surface area contributed by atoms with Crippen molar-refractivity contribution in [3.63, 3.8) is 0 Å². The van der Waals surface area contributed by atoms with Gasteiger partial charge in [0.05, 0.1) is 13.1 Å². The van der Waals surface area contributed by atoms with E-state index in [1.54, 1.807) is 42.1 Å². The van der Waals surface area contributed by atoms with Gasteiger partial charge < -0.3 is 21.5 Å². The highest BCUT2D eigenvalue weighted by molar-refractivity contribution is 9.10. The molecule has 384 valence electrons. The molecule has 76 heavy (non-hydrogen) atoms. The molecule has 2 atom stereocenters. The van der Waals surface area contributed by atoms with Crippen LogP contribution >= 0.6 is 15.9 Å². The van der Waals surface area contributed by atoms with Gasteiger partial charge in [-0.15, -0.1) is 0 Å². The van der Waals surface area contributed by atoms with E-state index in [0.29, 0.717) is 40.6 Å². The van der Waals surface area contributed by atoms with E-state index in [1.165, 1.54) is 28.3 Å². The second-order valence-electron chi connectivity index (χ2n) is 21.7. The van der Waals surface area contributed by atoms with Gasteiger partial charge in [0, 0.05) is 29.4 Å². The van der Waals surface area contributed by atoms with Crippen molar-refractivity contribution in [1.29, 1.82) is 0 Å². The summed E-state index contributed by atoms with van der Waals surface area (Å²) in [7, 11) is 2.00. The molecule has 12 nitrogen and oxygen atoms in total. The standard InChI is InChI=1S/C31H30N4O.C24H26BrN3O.C7H6BNO2/c1-33-26-10-6-9-23(18-26)24-11-12-25-20-30(31(27(25)19-24)28(36)35(2)29(32)34-31)15-13-22(14-16-30)17-21-7-4-3-5-8-21;1-28-21(29)24(27-22(28)26)20-14-19(25)8-7-18(20)15-23(24)11-9-17(10-12-23)13-16-5-3-2-4-6-16;1-9-7-4-2-3-6(5-7)8(10)11/h3-12,18-19,22H,13-17,20H2,2H3,(H2,32,34);2-8,14,17H,9-13,15H2,1H3,(H2,26,27);2-5,10-11H. The van der Waals surface area contributed by atoms with Gasteiger partial charge in [-0.2, -0.15) is 0 Å². The Labute approximate surface area is 454 Å². The molecule has 12 rings (SSSR count). The molecule has 0 radical (unpaired) electrons. The lowest BCUT2D eigenvalue weighted by Crippen LogP contribution is -2.51. The Bertz CT molecular complexity index is 3340. The van der Waals surface area contributed by atoms with E-state index in [1.807, 2.05) is 24.3 Å². The molecule has 2 saturated carbocycles. The van der Waals surface area contributed by atoms with Crippen molar-refractivity contribution in [2.24, 2.45) is 44.1 Å². The summed E-state index contributed by atoms with van der Waals surface area (Å²) < 4.78 is 0.988. The Kier molecular flexibility index (Phi) is 14.4. The quantitative estimate of drug-likeness (QED) is 0.0957. The summed E-state index contributed by atoms with van der Waals surface area (Å²) >= 11 is 3.60. The van der Waals surface area contributed by atoms with Crippen LogP contribution in [0.25, 0.3) is 20.8 Å². The van der Waals surface area contributed by atoms with E-state index < -0.39 is 18.2 Å². The summed E-state index contributed by atoms with van der Waals surface area (Å²) in [6.07, 6.45) is 12.3. The van der Waals surface area contributed by atoms with Gasteiger partial charge in [-0.3, -0.25) is 19.4 Å². The van der Waals surface area contributed by atoms with Gasteiger partial charge >= 0.3 is 7.12 Å². The fraction of sp³-hybridized carbons (Fsp3) is 0.323. The van der Waals surface area contributed by atoms with E-state index in [9.17, 15) is 9.59 Å². The number of guanidine groups is 2. The highest BCUT2D eigenvalue weighted by Crippen LogP contribution is 2.64. The van der Waals surface area contributed by atoms with Gasteiger partial charge in [0.1, 0.15) is 0 Å². The topological polar surface area (TPSA) is 167 Å². The molecule has 4 aliphatic carbocycles. The zero-order valence-corrected chi connectivity index (χ0v) is 44.6. The van der Waals surface area contributed by atoms with E-state index in [-0.39, 0.29) is 22.6 Å². The van der Waals surface area contributed by atoms with Crippen molar-refractivity contribution in [2.75, 3.05) is 14.1 Å². The predicted octanol–water partition coefficient (Wildman–Crippen LogP) is 10.2. The number of amides is 2. The van der Waals surface area contributed by atoms with Crippen LogP contribution in [0.5, 0.6) is 0 Å². The van der Waals surface area contributed by atoms with Crippen LogP contribution in [0, 0.1) is 35.8 Å². The molecule has 6 aromatic rings.